The molecular weight excluding hydrogens is 268 g/mol. The van der Waals surface area contributed by atoms with E-state index in [1.54, 1.807) is 0 Å². The molecule has 0 fully saturated rings. The Balaban J connectivity index is 2.06. The molecule has 0 saturated heterocycles. The van der Waals surface area contributed by atoms with E-state index in [2.05, 4.69) is 93.3 Å². The topological polar surface area (TPSA) is 6.48 Å². The molecule has 2 aromatic carbocycles. The first-order valence-electron chi connectivity index (χ1n) is 7.77. The van der Waals surface area contributed by atoms with E-state index in [0.717, 1.165) is 0 Å². The lowest BCUT2D eigenvalue weighted by Crippen LogP contribution is -2.20. The number of likely N-dealkylation sites (N-methyl/N-ethyl adjacent to an activating group) is 1. The molecule has 1 atom stereocenters. The normalized spacial score (nSPS) is 18.2. The second-order valence-corrected chi connectivity index (χ2v) is 6.35. The van der Waals surface area contributed by atoms with Crippen molar-refractivity contribution < 1.29 is 0 Å². The highest BCUT2D eigenvalue weighted by Crippen LogP contribution is 2.45. The van der Waals surface area contributed by atoms with Crippen LogP contribution in [0.25, 0.3) is 10.8 Å². The number of allylic oxidation sites excluding steroid dienone is 3. The van der Waals surface area contributed by atoms with Crippen LogP contribution in [-0.4, -0.2) is 26.0 Å². The first-order valence-corrected chi connectivity index (χ1v) is 7.77. The third kappa shape index (κ3) is 2.29. The quantitative estimate of drug-likeness (QED) is 0.754. The molecule has 0 aromatic heterocycles. The maximum Gasteiger partial charge on any atom is 0.0759 e. The highest BCUT2D eigenvalue weighted by Gasteiger charge is 2.29. The Morgan fingerprint density at radius 1 is 1.05 bits per heavy atom. The van der Waals surface area contributed by atoms with E-state index >= 15 is 0 Å². The minimum Gasteiger partial charge on any atom is -0.381 e. The SMILES string of the molecule is C/C(=C\C=C(/C)N(C)C)C1c2cccc3cccc(c23)N1C. The van der Waals surface area contributed by atoms with Crippen LogP contribution in [0.15, 0.2) is 59.8 Å². The zero-order chi connectivity index (χ0) is 15.9. The van der Waals surface area contributed by atoms with Gasteiger partial charge >= 0.3 is 0 Å². The predicted octanol–water partition coefficient (Wildman–Crippen LogP) is 4.74. The number of rotatable bonds is 3. The fraction of sp³-hybridized carbons (Fsp3) is 0.300. The average Bonchev–Trinajstić information content (AvgIpc) is 2.80. The number of anilines is 1. The van der Waals surface area contributed by atoms with Crippen LogP contribution in [0.4, 0.5) is 5.69 Å². The average molecular weight is 292 g/mol. The standard InChI is InChI=1S/C20H24N2/c1-14(12-13-15(2)21(3)4)20-17-10-6-8-16-9-7-11-18(19(16)17)22(20)5/h6-13,20H,1-5H3/b14-12+,15-13+. The molecule has 1 heterocycles. The van der Waals surface area contributed by atoms with Crippen molar-refractivity contribution in [3.63, 3.8) is 0 Å². The Labute approximate surface area is 133 Å². The molecule has 0 N–H and O–H groups in total. The highest BCUT2D eigenvalue weighted by molar-refractivity contribution is 6.01. The molecule has 0 radical (unpaired) electrons. The van der Waals surface area contributed by atoms with Crippen molar-refractivity contribution in [1.82, 2.24) is 4.90 Å². The third-order valence-electron chi connectivity index (χ3n) is 4.70. The number of benzene rings is 2. The lowest BCUT2D eigenvalue weighted by molar-refractivity contribution is 0.514. The van der Waals surface area contributed by atoms with Crippen molar-refractivity contribution in [2.75, 3.05) is 26.0 Å². The van der Waals surface area contributed by atoms with Gasteiger partial charge in [0.25, 0.3) is 0 Å². The van der Waals surface area contributed by atoms with Crippen LogP contribution >= 0.6 is 0 Å². The summed E-state index contributed by atoms with van der Waals surface area (Å²) >= 11 is 0. The Hall–Kier alpha value is -2.22. The lowest BCUT2D eigenvalue weighted by Gasteiger charge is -2.25. The summed E-state index contributed by atoms with van der Waals surface area (Å²) in [5.74, 6) is 0. The molecule has 114 valence electrons. The maximum atomic E-state index is 2.39. The van der Waals surface area contributed by atoms with E-state index in [-0.39, 0.29) is 0 Å². The van der Waals surface area contributed by atoms with Crippen molar-refractivity contribution in [2.45, 2.75) is 19.9 Å². The molecule has 0 bridgehead atoms. The number of nitrogens with zero attached hydrogens (tertiary/aromatic N) is 2. The van der Waals surface area contributed by atoms with Crippen molar-refractivity contribution >= 4 is 16.5 Å². The molecule has 2 nitrogen and oxygen atoms in total. The van der Waals surface area contributed by atoms with Gasteiger partial charge in [-0.25, -0.2) is 0 Å². The van der Waals surface area contributed by atoms with Crippen molar-refractivity contribution in [2.24, 2.45) is 0 Å². The van der Waals surface area contributed by atoms with Gasteiger partial charge in [-0.15, -0.1) is 0 Å². The first-order chi connectivity index (χ1) is 10.5. The zero-order valence-electron chi connectivity index (χ0n) is 14.1. The highest BCUT2D eigenvalue weighted by atomic mass is 15.2. The molecule has 1 unspecified atom stereocenters. The summed E-state index contributed by atoms with van der Waals surface area (Å²) in [6.45, 7) is 4.36. The Kier molecular flexibility index (Phi) is 3.69. The Morgan fingerprint density at radius 3 is 2.41 bits per heavy atom. The van der Waals surface area contributed by atoms with Crippen LogP contribution in [0.5, 0.6) is 0 Å². The lowest BCUT2D eigenvalue weighted by atomic mass is 9.97. The van der Waals surface area contributed by atoms with E-state index in [9.17, 15) is 0 Å². The van der Waals surface area contributed by atoms with E-state index in [0.29, 0.717) is 6.04 Å². The molecule has 0 amide bonds. The summed E-state index contributed by atoms with van der Waals surface area (Å²) in [6.07, 6.45) is 4.45. The smallest absolute Gasteiger partial charge is 0.0759 e. The van der Waals surface area contributed by atoms with Crippen molar-refractivity contribution in [1.29, 1.82) is 0 Å². The summed E-state index contributed by atoms with van der Waals surface area (Å²) in [5, 5.41) is 2.73. The molecule has 22 heavy (non-hydrogen) atoms. The van der Waals surface area contributed by atoms with Crippen LogP contribution in [-0.2, 0) is 0 Å². The summed E-state index contributed by atoms with van der Waals surface area (Å²) in [5.41, 5.74) is 5.38. The van der Waals surface area contributed by atoms with E-state index in [1.807, 2.05) is 0 Å². The van der Waals surface area contributed by atoms with Crippen LogP contribution in [0.1, 0.15) is 25.5 Å². The minimum absolute atomic E-state index is 0.326. The van der Waals surface area contributed by atoms with Gasteiger partial charge in [-0.05, 0) is 42.5 Å². The molecule has 2 heteroatoms. The molecule has 1 aliphatic rings. The fourth-order valence-electron chi connectivity index (χ4n) is 3.26. The summed E-state index contributed by atoms with van der Waals surface area (Å²) in [6, 6.07) is 13.5. The number of hydrogen-bond donors (Lipinski definition) is 0. The van der Waals surface area contributed by atoms with Crippen molar-refractivity contribution in [3.8, 4) is 0 Å². The van der Waals surface area contributed by atoms with Gasteiger partial charge in [-0.2, -0.15) is 0 Å². The van der Waals surface area contributed by atoms with Gasteiger partial charge in [-0.3, -0.25) is 0 Å². The van der Waals surface area contributed by atoms with Gasteiger partial charge in [0.05, 0.1) is 6.04 Å². The largest absolute Gasteiger partial charge is 0.381 e. The van der Waals surface area contributed by atoms with Crippen molar-refractivity contribution in [3.05, 3.63) is 65.4 Å². The molecular formula is C20H24N2. The maximum absolute atomic E-state index is 2.39. The van der Waals surface area contributed by atoms with Crippen LogP contribution in [0.2, 0.25) is 0 Å². The van der Waals surface area contributed by atoms with E-state index in [1.165, 1.54) is 33.3 Å². The van der Waals surface area contributed by atoms with Gasteiger partial charge in [0.15, 0.2) is 0 Å². The van der Waals surface area contributed by atoms with Crippen LogP contribution in [0.3, 0.4) is 0 Å². The zero-order valence-corrected chi connectivity index (χ0v) is 14.1. The van der Waals surface area contributed by atoms with E-state index in [4.69, 9.17) is 0 Å². The van der Waals surface area contributed by atoms with Crippen LogP contribution in [0, 0.1) is 0 Å². The van der Waals surface area contributed by atoms with Gasteiger partial charge in [0, 0.05) is 37.9 Å². The molecule has 3 rings (SSSR count). The van der Waals surface area contributed by atoms with E-state index < -0.39 is 0 Å². The summed E-state index contributed by atoms with van der Waals surface area (Å²) in [7, 11) is 6.35. The Morgan fingerprint density at radius 2 is 1.73 bits per heavy atom. The second kappa shape index (κ2) is 5.53. The number of hydrogen-bond acceptors (Lipinski definition) is 2. The van der Waals surface area contributed by atoms with Gasteiger partial charge < -0.3 is 9.80 Å². The first kappa shape index (κ1) is 14.7. The second-order valence-electron chi connectivity index (χ2n) is 6.35. The Bertz CT molecular complexity index is 763. The summed E-state index contributed by atoms with van der Waals surface area (Å²) < 4.78 is 0. The predicted molar refractivity (Wildman–Crippen MR) is 96.3 cm³/mol. The van der Waals surface area contributed by atoms with Crippen LogP contribution < -0.4 is 4.90 Å². The molecule has 1 aliphatic heterocycles. The summed E-state index contributed by atoms with van der Waals surface area (Å²) in [4.78, 5) is 4.53. The molecule has 2 aromatic rings. The monoisotopic (exact) mass is 292 g/mol. The minimum atomic E-state index is 0.326. The molecule has 0 saturated carbocycles. The third-order valence-corrected chi connectivity index (χ3v) is 4.70. The van der Waals surface area contributed by atoms with Gasteiger partial charge in [0.2, 0.25) is 0 Å². The molecule has 0 aliphatic carbocycles. The van der Waals surface area contributed by atoms with Gasteiger partial charge in [0.1, 0.15) is 0 Å². The molecule has 0 spiro atoms. The van der Waals surface area contributed by atoms with Gasteiger partial charge in [-0.1, -0.05) is 36.4 Å². The fourth-order valence-corrected chi connectivity index (χ4v) is 3.26.